The van der Waals surface area contributed by atoms with Crippen molar-refractivity contribution in [1.82, 2.24) is 14.8 Å². The first-order valence-corrected chi connectivity index (χ1v) is 12.5. The van der Waals surface area contributed by atoms with Crippen LogP contribution < -0.4 is 10.1 Å². The standard InChI is InChI=1S/C25H24N4O4S/c1-4-23-27-24(17-8-12-21(33-2)13-9-17)29(28-23)20-7-5-6-18(16-20)25(30)26-19-10-14-22(15-11-19)34(3,31)32/h5-16H,4H2,1-3H3,(H,26,30). The van der Waals surface area contributed by atoms with Gasteiger partial charge in [0.2, 0.25) is 0 Å². The summed E-state index contributed by atoms with van der Waals surface area (Å²) in [5.41, 5.74) is 2.49. The molecule has 4 aromatic rings. The van der Waals surface area contributed by atoms with E-state index in [0.717, 1.165) is 17.6 Å². The number of hydrogen-bond acceptors (Lipinski definition) is 6. The van der Waals surface area contributed by atoms with Gasteiger partial charge >= 0.3 is 0 Å². The van der Waals surface area contributed by atoms with Crippen molar-refractivity contribution in [3.63, 3.8) is 0 Å². The number of sulfone groups is 1. The van der Waals surface area contributed by atoms with E-state index in [0.29, 0.717) is 35.0 Å². The van der Waals surface area contributed by atoms with E-state index in [1.807, 2.05) is 37.3 Å². The third-order valence-corrected chi connectivity index (χ3v) is 6.34. The maximum Gasteiger partial charge on any atom is 0.255 e. The van der Waals surface area contributed by atoms with Crippen LogP contribution in [0.25, 0.3) is 17.1 Å². The molecule has 0 fully saturated rings. The van der Waals surface area contributed by atoms with E-state index in [-0.39, 0.29) is 10.8 Å². The van der Waals surface area contributed by atoms with Gasteiger partial charge in [0.05, 0.1) is 17.7 Å². The third-order valence-electron chi connectivity index (χ3n) is 5.21. The van der Waals surface area contributed by atoms with Gasteiger partial charge in [-0.15, -0.1) is 0 Å². The number of nitrogens with zero attached hydrogens (tertiary/aromatic N) is 3. The molecule has 34 heavy (non-hydrogen) atoms. The average Bonchev–Trinajstić information content (AvgIpc) is 3.28. The third kappa shape index (κ3) is 4.99. The molecule has 4 rings (SSSR count). The zero-order chi connectivity index (χ0) is 24.3. The van der Waals surface area contributed by atoms with E-state index in [1.165, 1.54) is 12.1 Å². The molecule has 0 radical (unpaired) electrons. The number of rotatable bonds is 7. The summed E-state index contributed by atoms with van der Waals surface area (Å²) in [6.07, 6.45) is 1.81. The van der Waals surface area contributed by atoms with Crippen LogP contribution >= 0.6 is 0 Å². The molecule has 0 bridgehead atoms. The summed E-state index contributed by atoms with van der Waals surface area (Å²) >= 11 is 0. The van der Waals surface area contributed by atoms with E-state index < -0.39 is 9.84 Å². The van der Waals surface area contributed by atoms with Crippen LogP contribution in [-0.2, 0) is 16.3 Å². The number of nitrogens with one attached hydrogen (secondary N) is 1. The van der Waals surface area contributed by atoms with E-state index in [2.05, 4.69) is 15.4 Å². The number of anilines is 1. The smallest absolute Gasteiger partial charge is 0.255 e. The molecule has 1 aromatic heterocycles. The highest BCUT2D eigenvalue weighted by Crippen LogP contribution is 2.24. The Kier molecular flexibility index (Phi) is 6.47. The fraction of sp³-hybridized carbons (Fsp3) is 0.160. The number of hydrogen-bond donors (Lipinski definition) is 1. The van der Waals surface area contributed by atoms with Gasteiger partial charge in [-0.05, 0) is 66.7 Å². The lowest BCUT2D eigenvalue weighted by Gasteiger charge is -2.10. The summed E-state index contributed by atoms with van der Waals surface area (Å²) in [6.45, 7) is 1.98. The molecule has 0 aliphatic heterocycles. The van der Waals surface area contributed by atoms with Crippen LogP contribution in [0, 0.1) is 0 Å². The van der Waals surface area contributed by atoms with E-state index in [4.69, 9.17) is 4.74 Å². The Balaban J connectivity index is 1.63. The van der Waals surface area contributed by atoms with Crippen LogP contribution in [0.15, 0.2) is 77.7 Å². The van der Waals surface area contributed by atoms with Crippen LogP contribution in [0.4, 0.5) is 5.69 Å². The monoisotopic (exact) mass is 476 g/mol. The molecule has 174 valence electrons. The summed E-state index contributed by atoms with van der Waals surface area (Å²) in [5, 5.41) is 7.42. The fourth-order valence-corrected chi connectivity index (χ4v) is 4.01. The van der Waals surface area contributed by atoms with Crippen LogP contribution in [-0.4, -0.2) is 42.5 Å². The number of aromatic nitrogens is 3. The minimum atomic E-state index is -3.30. The Labute approximate surface area is 198 Å². The van der Waals surface area contributed by atoms with Gasteiger partial charge in [-0.25, -0.2) is 18.1 Å². The van der Waals surface area contributed by atoms with Gasteiger partial charge < -0.3 is 10.1 Å². The molecule has 0 atom stereocenters. The van der Waals surface area contributed by atoms with Crippen LogP contribution in [0.3, 0.4) is 0 Å². The lowest BCUT2D eigenvalue weighted by molar-refractivity contribution is 0.102. The molecule has 0 aliphatic rings. The molecule has 0 unspecified atom stereocenters. The summed E-state index contributed by atoms with van der Waals surface area (Å²) in [7, 11) is -1.69. The Morgan fingerprint density at radius 2 is 1.74 bits per heavy atom. The second kappa shape index (κ2) is 9.48. The predicted molar refractivity (Wildman–Crippen MR) is 130 cm³/mol. The molecule has 8 nitrogen and oxygen atoms in total. The predicted octanol–water partition coefficient (Wildman–Crippen LogP) is 4.16. The van der Waals surface area contributed by atoms with Gasteiger partial charge in [-0.1, -0.05) is 13.0 Å². The minimum Gasteiger partial charge on any atom is -0.497 e. The number of methoxy groups -OCH3 is 1. The van der Waals surface area contributed by atoms with Crippen LogP contribution in [0.1, 0.15) is 23.1 Å². The summed E-state index contributed by atoms with van der Waals surface area (Å²) < 4.78 is 30.2. The molecule has 1 amide bonds. The number of carbonyl (C=O) groups is 1. The van der Waals surface area contributed by atoms with Gasteiger partial charge in [0.15, 0.2) is 21.5 Å². The lowest BCUT2D eigenvalue weighted by Crippen LogP contribution is -2.13. The number of amides is 1. The normalized spacial score (nSPS) is 11.3. The van der Waals surface area contributed by atoms with E-state index >= 15 is 0 Å². The van der Waals surface area contributed by atoms with Gasteiger partial charge in [0.1, 0.15) is 5.75 Å². The minimum absolute atomic E-state index is 0.191. The van der Waals surface area contributed by atoms with Crippen molar-refractivity contribution >= 4 is 21.4 Å². The Hall–Kier alpha value is -3.98. The molecule has 1 N–H and O–H groups in total. The van der Waals surface area contributed by atoms with Gasteiger partial charge in [-0.2, -0.15) is 5.10 Å². The Morgan fingerprint density at radius 1 is 1.03 bits per heavy atom. The van der Waals surface area contributed by atoms with Crippen molar-refractivity contribution in [2.45, 2.75) is 18.2 Å². The van der Waals surface area contributed by atoms with E-state index in [9.17, 15) is 13.2 Å². The number of carbonyl (C=O) groups excluding carboxylic acids is 1. The second-order valence-electron chi connectivity index (χ2n) is 7.65. The molecule has 0 saturated carbocycles. The molecule has 0 saturated heterocycles. The topological polar surface area (TPSA) is 103 Å². The molecule has 3 aromatic carbocycles. The summed E-state index contributed by atoms with van der Waals surface area (Å²) in [6, 6.07) is 20.7. The van der Waals surface area contributed by atoms with Gasteiger partial charge in [0.25, 0.3) is 5.91 Å². The zero-order valence-corrected chi connectivity index (χ0v) is 19.8. The molecule has 0 spiro atoms. The zero-order valence-electron chi connectivity index (χ0n) is 19.0. The number of benzene rings is 3. The largest absolute Gasteiger partial charge is 0.497 e. The fourth-order valence-electron chi connectivity index (χ4n) is 3.38. The second-order valence-corrected chi connectivity index (χ2v) is 9.66. The quantitative estimate of drug-likeness (QED) is 0.430. The maximum absolute atomic E-state index is 12.9. The van der Waals surface area contributed by atoms with Gasteiger partial charge in [-0.3, -0.25) is 4.79 Å². The maximum atomic E-state index is 12.9. The van der Waals surface area contributed by atoms with Crippen molar-refractivity contribution in [3.8, 4) is 22.8 Å². The van der Waals surface area contributed by atoms with Gasteiger partial charge in [0, 0.05) is 29.5 Å². The van der Waals surface area contributed by atoms with Crippen molar-refractivity contribution in [2.24, 2.45) is 0 Å². The van der Waals surface area contributed by atoms with Crippen molar-refractivity contribution in [3.05, 3.63) is 84.2 Å². The molecular formula is C25H24N4O4S. The Morgan fingerprint density at radius 3 is 2.35 bits per heavy atom. The molecular weight excluding hydrogens is 452 g/mol. The first-order chi connectivity index (χ1) is 16.3. The summed E-state index contributed by atoms with van der Waals surface area (Å²) in [4.78, 5) is 17.7. The highest BCUT2D eigenvalue weighted by atomic mass is 32.2. The first-order valence-electron chi connectivity index (χ1n) is 10.6. The van der Waals surface area contributed by atoms with E-state index in [1.54, 1.807) is 42.1 Å². The average molecular weight is 477 g/mol. The number of aryl methyl sites for hydroxylation is 1. The highest BCUT2D eigenvalue weighted by Gasteiger charge is 2.15. The molecule has 1 heterocycles. The summed E-state index contributed by atoms with van der Waals surface area (Å²) in [5.74, 6) is 1.77. The number of ether oxygens (including phenoxy) is 1. The SMILES string of the molecule is CCc1nc(-c2ccc(OC)cc2)n(-c2cccc(C(=O)Nc3ccc(S(C)(=O)=O)cc3)c2)n1. The van der Waals surface area contributed by atoms with Crippen molar-refractivity contribution in [2.75, 3.05) is 18.7 Å². The van der Waals surface area contributed by atoms with Crippen molar-refractivity contribution in [1.29, 1.82) is 0 Å². The van der Waals surface area contributed by atoms with Crippen LogP contribution in [0.5, 0.6) is 5.75 Å². The van der Waals surface area contributed by atoms with Crippen molar-refractivity contribution < 1.29 is 17.9 Å². The van der Waals surface area contributed by atoms with Crippen LogP contribution in [0.2, 0.25) is 0 Å². The lowest BCUT2D eigenvalue weighted by atomic mass is 10.1. The Bertz CT molecular complexity index is 1430. The molecule has 0 aliphatic carbocycles. The molecule has 9 heteroatoms. The first kappa shape index (κ1) is 23.2. The highest BCUT2D eigenvalue weighted by molar-refractivity contribution is 7.90.